The summed E-state index contributed by atoms with van der Waals surface area (Å²) >= 11 is 19.1. The van der Waals surface area contributed by atoms with Gasteiger partial charge in [-0.2, -0.15) is 28.1 Å². The summed E-state index contributed by atoms with van der Waals surface area (Å²) in [5.74, 6) is -4.71. The predicted octanol–water partition coefficient (Wildman–Crippen LogP) is -0.978. The molecule has 4 unspecified atom stereocenters. The van der Waals surface area contributed by atoms with Crippen LogP contribution in [0.4, 0.5) is 33.8 Å². The van der Waals surface area contributed by atoms with Gasteiger partial charge in [0.25, 0.3) is 22.2 Å². The van der Waals surface area contributed by atoms with Crippen LogP contribution in [0.1, 0.15) is 24.9 Å². The van der Waals surface area contributed by atoms with Crippen molar-refractivity contribution in [3.8, 4) is 0 Å². The Hall–Kier alpha value is -5.56. The molecule has 0 amide bonds. The van der Waals surface area contributed by atoms with Crippen molar-refractivity contribution in [2.75, 3.05) is 37.9 Å². The number of hydrogen-bond acceptors (Lipinski definition) is 32. The number of nitrogens with zero attached hydrogens (tertiary/aromatic N) is 14. The molecule has 40 nitrogen and oxygen atoms in total. The van der Waals surface area contributed by atoms with E-state index in [-0.39, 0.29) is 56.6 Å². The molecule has 14 rings (SSSR count). The number of aromatic amines is 4. The highest BCUT2D eigenvalue weighted by Gasteiger charge is 2.64. The zero-order valence-corrected chi connectivity index (χ0v) is 51.3. The lowest BCUT2D eigenvalue weighted by molar-refractivity contribution is -0.140. The van der Waals surface area contributed by atoms with Crippen molar-refractivity contribution in [3.63, 3.8) is 0 Å². The Morgan fingerprint density at radius 1 is 0.560 bits per heavy atom. The first-order valence-corrected chi connectivity index (χ1v) is 36.0. The maximum absolute atomic E-state index is 16.0. The van der Waals surface area contributed by atoms with Crippen LogP contribution in [0.15, 0.2) is 44.5 Å². The number of nitrogens with one attached hydrogen (secondary N) is 4. The van der Waals surface area contributed by atoms with Gasteiger partial charge in [-0.25, -0.2) is 37.7 Å². The van der Waals surface area contributed by atoms with E-state index in [1.165, 1.54) is 0 Å². The van der Waals surface area contributed by atoms with E-state index in [2.05, 4.69) is 82.7 Å². The van der Waals surface area contributed by atoms with E-state index in [0.717, 1.165) is 39.1 Å². The molecule has 6 saturated heterocycles. The second-order valence-corrected chi connectivity index (χ2v) is 31.2. The first-order valence-electron chi connectivity index (χ1n) is 25.5. The standard InChI is InChI=1S/C19H19F3N10O10P2S2.C19H20F2N10O10P2S2/c20-7-5-1-37-44(36,46)42-11-6(40-17(19(11,21)22)32-12-9(29-30-32)14(33)25-3-24-12)2-38-43(35,45)41-10(7)16(39-5)31-4-26-8-13(31)27-18(23)28-15(8)34;20-7-5-1-36-42(34,44)40-11-6(39-17(8(11)21)30-4-25-9-13(30)23-3-24-15(9)32)2-37-43(35,45)41-12(7)18(38-5)31-14-10(28-29-31)16(33)27-19(22)26-14/h3-7,10-11,16-17H,1-2H2,(H,35,45)(H,36,46)(H,24,25,33)(H3,23,27,28,34);3-8,11-12,17-18H,1-2H2,(H,34,44)(H,35,45)(H,23,24,32)(H3,22,26,27,33)/t5-,6-,7-,10-,11-,16-,17-,43?,44?;5-,6-,7-,8+,11-,12-,17-,18-,42?,43?/m11/s1. The molecule has 19 atom stereocenters. The highest BCUT2D eigenvalue weighted by molar-refractivity contribution is 8.44. The molecule has 0 aliphatic carbocycles. The zero-order chi connectivity index (χ0) is 64.6. The normalized spacial score (nSPS) is 37.2. The van der Waals surface area contributed by atoms with Crippen LogP contribution in [0.2, 0.25) is 0 Å². The van der Waals surface area contributed by atoms with Crippen LogP contribution in [0.25, 0.3) is 44.7 Å². The van der Waals surface area contributed by atoms with Gasteiger partial charge in [0.15, 0.2) is 88.0 Å². The Morgan fingerprint density at radius 2 is 1.04 bits per heavy atom. The Bertz CT molecular complexity index is 4650. The number of imidazole rings is 2. The number of thiol groups is 1. The van der Waals surface area contributed by atoms with Crippen LogP contribution >= 0.6 is 39.2 Å². The molecule has 14 heterocycles. The van der Waals surface area contributed by atoms with Gasteiger partial charge in [0.1, 0.15) is 42.7 Å². The average molecular weight is 1440 g/mol. The first kappa shape index (κ1) is 64.2. The third kappa shape index (κ3) is 12.0. The second-order valence-electron chi connectivity index (χ2n) is 19.9. The molecule has 8 aromatic heterocycles. The number of nitrogens with two attached hydrogens (primary N) is 2. The van der Waals surface area contributed by atoms with Crippen molar-refractivity contribution in [1.29, 1.82) is 0 Å². The van der Waals surface area contributed by atoms with Crippen LogP contribution in [-0.2, 0) is 95.1 Å². The quantitative estimate of drug-likeness (QED) is 0.0575. The summed E-state index contributed by atoms with van der Waals surface area (Å²) in [5.41, 5.74) is 6.73. The third-order valence-electron chi connectivity index (χ3n) is 14.2. The summed E-state index contributed by atoms with van der Waals surface area (Å²) in [6.45, 7) is -21.4. The number of hydrogen-bond donors (Lipinski definition) is 10. The number of halogens is 5. The minimum Gasteiger partial charge on any atom is -0.369 e. The molecule has 0 aromatic carbocycles. The number of nitrogen functional groups attached to an aromatic ring is 2. The summed E-state index contributed by atoms with van der Waals surface area (Å²) in [6, 6.07) is 0. The fourth-order valence-corrected chi connectivity index (χ4v) is 15.9. The van der Waals surface area contributed by atoms with Crippen molar-refractivity contribution in [1.82, 2.24) is 89.0 Å². The van der Waals surface area contributed by atoms with Crippen LogP contribution in [0.5, 0.6) is 0 Å². The molecule has 0 spiro atoms. The van der Waals surface area contributed by atoms with Gasteiger partial charge in [0.2, 0.25) is 18.1 Å². The van der Waals surface area contributed by atoms with Gasteiger partial charge in [-0.3, -0.25) is 60.9 Å². The van der Waals surface area contributed by atoms with E-state index < -0.39 is 174 Å². The summed E-state index contributed by atoms with van der Waals surface area (Å²) < 4.78 is 162. The molecular weight excluding hydrogens is 1400 g/mol. The second kappa shape index (κ2) is 23.7. The minimum absolute atomic E-state index is 0.0240. The van der Waals surface area contributed by atoms with Gasteiger partial charge in [-0.1, -0.05) is 22.7 Å². The lowest BCUT2D eigenvalue weighted by Crippen LogP contribution is -2.41. The monoisotopic (exact) mass is 1440 g/mol. The van der Waals surface area contributed by atoms with Crippen molar-refractivity contribution in [3.05, 3.63) is 66.7 Å². The van der Waals surface area contributed by atoms with Gasteiger partial charge in [0, 0.05) is 0 Å². The highest BCUT2D eigenvalue weighted by atomic mass is 32.7. The minimum atomic E-state index is -4.67. The van der Waals surface area contributed by atoms with Gasteiger partial charge < -0.3 is 68.6 Å². The summed E-state index contributed by atoms with van der Waals surface area (Å²) in [5, 5.41) is 14.7. The first-order chi connectivity index (χ1) is 43.0. The Labute approximate surface area is 517 Å². The Balaban J connectivity index is 0.000000167. The topological polar surface area (TPSA) is 521 Å². The summed E-state index contributed by atoms with van der Waals surface area (Å²) in [4.78, 5) is 114. The van der Waals surface area contributed by atoms with E-state index in [1.54, 1.807) is 0 Å². The molecule has 6 aliphatic heterocycles. The number of ether oxygens (including phenoxy) is 4. The van der Waals surface area contributed by atoms with Gasteiger partial charge in [-0.15, -0.1) is 10.2 Å². The summed E-state index contributed by atoms with van der Waals surface area (Å²) in [7, 11) is 0. The molecule has 53 heteroatoms. The van der Waals surface area contributed by atoms with Crippen LogP contribution in [0.3, 0.4) is 0 Å². The van der Waals surface area contributed by atoms with Crippen molar-refractivity contribution in [2.45, 2.75) is 98.2 Å². The van der Waals surface area contributed by atoms with Crippen molar-refractivity contribution >= 4 is 131 Å². The van der Waals surface area contributed by atoms with Crippen LogP contribution in [0, 0.1) is 0 Å². The van der Waals surface area contributed by atoms with Gasteiger partial charge in [-0.05, 0) is 35.4 Å². The molecular formula is C38H39F5N20O20P4S4. The molecule has 91 heavy (non-hydrogen) atoms. The molecule has 6 fully saturated rings. The Morgan fingerprint density at radius 3 is 1.69 bits per heavy atom. The number of aromatic nitrogens is 18. The zero-order valence-electron chi connectivity index (χ0n) is 44.3. The van der Waals surface area contributed by atoms with Crippen LogP contribution < -0.4 is 33.7 Å². The molecule has 8 aromatic rings. The lowest BCUT2D eigenvalue weighted by Gasteiger charge is -2.28. The fraction of sp³-hybridized carbons (Fsp3) is 0.526. The van der Waals surface area contributed by atoms with Gasteiger partial charge in [0.05, 0.1) is 51.7 Å². The molecule has 6 aliphatic rings. The molecule has 11 N–H and O–H groups in total. The fourth-order valence-electron chi connectivity index (χ4n) is 10.2. The largest absolute Gasteiger partial charge is 0.386 e. The predicted molar refractivity (Wildman–Crippen MR) is 302 cm³/mol. The van der Waals surface area contributed by atoms with Crippen molar-refractivity contribution < 1.29 is 96.3 Å². The third-order valence-corrected chi connectivity index (χ3v) is 20.5. The maximum atomic E-state index is 16.0. The molecule has 0 saturated carbocycles. The van der Waals surface area contributed by atoms with Gasteiger partial charge >= 0.3 is 32.9 Å². The van der Waals surface area contributed by atoms with E-state index in [4.69, 9.17) is 102 Å². The number of alkyl halides is 5. The number of H-pyrrole nitrogens is 4. The van der Waals surface area contributed by atoms with E-state index >= 15 is 22.0 Å². The van der Waals surface area contributed by atoms with Crippen LogP contribution in [-0.4, -0.2) is 203 Å². The van der Waals surface area contributed by atoms with E-state index in [1.807, 2.05) is 0 Å². The Kier molecular flexibility index (Phi) is 16.7. The smallest absolute Gasteiger partial charge is 0.369 e. The molecule has 0 radical (unpaired) electrons. The highest BCUT2D eigenvalue weighted by Crippen LogP contribution is 2.61. The number of anilines is 2. The number of fused-ring (bicyclic) bond motifs is 10. The average Bonchev–Trinajstić information content (AvgIpc) is 1.63. The maximum Gasteiger partial charge on any atom is 0.386 e. The SMILES string of the molecule is Nc1nc2c(ncn2[C@@H]2O[C@@H]3COP(O)(=S)O[C@@H]4[C@@H](COP(=O)(S)O[C@@H]2[C@@H]3F)O[C@@H](n2nnc3c(=O)[nH]cnc32)C4(F)F)c(=O)[nH]1.Nc1nc2c(nnn2[C@@H]2O[C@@H]3COP(O)(=S)O[C@H]4[C@H](F)[C@H](n5cnc6c(=O)[nH]cnc65)O[C@@H]4COP(O)(=S)O[C@@H]2[C@@H]3F)c(=O)[nH]1. The van der Waals surface area contributed by atoms with E-state index in [0.29, 0.717) is 4.68 Å². The summed E-state index contributed by atoms with van der Waals surface area (Å²) in [6.07, 6.45) is -23.4. The van der Waals surface area contributed by atoms with Crippen molar-refractivity contribution in [2.24, 2.45) is 0 Å². The molecule has 4 bridgehead atoms. The molecule has 490 valence electrons. The lowest BCUT2D eigenvalue weighted by atomic mass is 10.1. The van der Waals surface area contributed by atoms with E-state index in [9.17, 15) is 38.4 Å². The number of rotatable bonds is 4.